The van der Waals surface area contributed by atoms with Crippen LogP contribution in [0.1, 0.15) is 9.67 Å². The van der Waals surface area contributed by atoms with E-state index in [1.165, 1.54) is 11.3 Å². The Morgan fingerprint density at radius 1 is 0.917 bits per heavy atom. The molecule has 7 heteroatoms. The fraction of sp³-hybridized carbons (Fsp3) is 0.235. The minimum Gasteiger partial charge on any atom is -0.352 e. The van der Waals surface area contributed by atoms with Crippen molar-refractivity contribution in [1.82, 2.24) is 19.7 Å². The number of nitrogens with zero attached hydrogens (tertiary/aromatic N) is 5. The van der Waals surface area contributed by atoms with Gasteiger partial charge >= 0.3 is 0 Å². The summed E-state index contributed by atoms with van der Waals surface area (Å²) in [6, 6.07) is 11.7. The molecule has 122 valence electrons. The van der Waals surface area contributed by atoms with Crippen molar-refractivity contribution < 1.29 is 4.79 Å². The van der Waals surface area contributed by atoms with Crippen molar-refractivity contribution >= 4 is 23.1 Å². The molecule has 24 heavy (non-hydrogen) atoms. The summed E-state index contributed by atoms with van der Waals surface area (Å²) < 4.78 is 1.93. The van der Waals surface area contributed by atoms with E-state index < -0.39 is 0 Å². The van der Waals surface area contributed by atoms with Crippen LogP contribution in [0.5, 0.6) is 0 Å². The summed E-state index contributed by atoms with van der Waals surface area (Å²) in [6.07, 6.45) is 3.89. The molecule has 3 aromatic rings. The largest absolute Gasteiger partial charge is 0.352 e. The van der Waals surface area contributed by atoms with Crippen LogP contribution >= 0.6 is 11.3 Å². The van der Waals surface area contributed by atoms with E-state index in [0.717, 1.165) is 29.6 Å². The Bertz CT molecular complexity index is 790. The van der Waals surface area contributed by atoms with E-state index in [1.54, 1.807) is 0 Å². The van der Waals surface area contributed by atoms with Crippen LogP contribution < -0.4 is 4.90 Å². The van der Waals surface area contributed by atoms with Crippen LogP contribution in [0.2, 0.25) is 0 Å². The van der Waals surface area contributed by atoms with Crippen molar-refractivity contribution in [3.05, 3.63) is 59.0 Å². The van der Waals surface area contributed by atoms with E-state index in [9.17, 15) is 4.79 Å². The molecule has 0 aliphatic carbocycles. The molecular weight excluding hydrogens is 322 g/mol. The normalized spacial score (nSPS) is 14.8. The highest BCUT2D eigenvalue weighted by atomic mass is 32.1. The topological polar surface area (TPSA) is 54.3 Å². The zero-order valence-electron chi connectivity index (χ0n) is 13.1. The predicted octanol–water partition coefficient (Wildman–Crippen LogP) is 2.29. The van der Waals surface area contributed by atoms with Crippen molar-refractivity contribution in [1.29, 1.82) is 0 Å². The van der Waals surface area contributed by atoms with Crippen molar-refractivity contribution in [3.8, 4) is 5.82 Å². The van der Waals surface area contributed by atoms with E-state index in [-0.39, 0.29) is 5.91 Å². The van der Waals surface area contributed by atoms with Crippen molar-refractivity contribution in [2.24, 2.45) is 0 Å². The second-order valence-electron chi connectivity index (χ2n) is 5.60. The first-order valence-corrected chi connectivity index (χ1v) is 8.74. The molecule has 1 aliphatic heterocycles. The molecule has 0 unspecified atom stereocenters. The average molecular weight is 339 g/mol. The van der Waals surface area contributed by atoms with Gasteiger partial charge in [-0.1, -0.05) is 6.07 Å². The van der Waals surface area contributed by atoms with E-state index in [0.29, 0.717) is 13.1 Å². The molecule has 0 aromatic carbocycles. The van der Waals surface area contributed by atoms with E-state index in [2.05, 4.69) is 15.1 Å². The molecule has 4 heterocycles. The SMILES string of the molecule is O=C(c1cccs1)N1CCN(c2ccc(-n3cccc3)nn2)CC1. The van der Waals surface area contributed by atoms with Crippen LogP contribution in [0.4, 0.5) is 5.82 Å². The van der Waals surface area contributed by atoms with Gasteiger partial charge in [-0.25, -0.2) is 0 Å². The van der Waals surface area contributed by atoms with Crippen molar-refractivity contribution in [2.75, 3.05) is 31.1 Å². The van der Waals surface area contributed by atoms with Crippen LogP contribution in [0.15, 0.2) is 54.2 Å². The number of rotatable bonds is 3. The zero-order chi connectivity index (χ0) is 16.4. The minimum atomic E-state index is 0.124. The van der Waals surface area contributed by atoms with Gasteiger partial charge in [-0.3, -0.25) is 4.79 Å². The zero-order valence-corrected chi connectivity index (χ0v) is 13.9. The third-order valence-corrected chi connectivity index (χ3v) is 4.99. The summed E-state index contributed by atoms with van der Waals surface area (Å²) in [6.45, 7) is 2.96. The summed E-state index contributed by atoms with van der Waals surface area (Å²) >= 11 is 1.49. The van der Waals surface area contributed by atoms with E-state index in [1.807, 2.05) is 63.6 Å². The summed E-state index contributed by atoms with van der Waals surface area (Å²) in [5.41, 5.74) is 0. The van der Waals surface area contributed by atoms with Gasteiger partial charge < -0.3 is 14.4 Å². The standard InChI is InChI=1S/C17H17N5OS/c23-17(14-4-3-13-24-14)22-11-9-21(10-12-22)16-6-5-15(18-19-16)20-7-1-2-8-20/h1-8,13H,9-12H2. The number of amides is 1. The van der Waals surface area contributed by atoms with Crippen molar-refractivity contribution in [2.45, 2.75) is 0 Å². The van der Waals surface area contributed by atoms with Gasteiger partial charge in [0.25, 0.3) is 5.91 Å². The Kier molecular flexibility index (Phi) is 4.00. The molecule has 0 bridgehead atoms. The van der Waals surface area contributed by atoms with Crippen LogP contribution in [-0.4, -0.2) is 51.8 Å². The van der Waals surface area contributed by atoms with E-state index >= 15 is 0 Å². The third-order valence-electron chi connectivity index (χ3n) is 4.13. The van der Waals surface area contributed by atoms with Gasteiger partial charge in [0.05, 0.1) is 4.88 Å². The van der Waals surface area contributed by atoms with Gasteiger partial charge in [-0.15, -0.1) is 21.5 Å². The minimum absolute atomic E-state index is 0.124. The quantitative estimate of drug-likeness (QED) is 0.735. The lowest BCUT2D eigenvalue weighted by molar-refractivity contribution is 0.0751. The smallest absolute Gasteiger partial charge is 0.264 e. The number of hydrogen-bond donors (Lipinski definition) is 0. The number of piperazine rings is 1. The number of carbonyl (C=O) groups is 1. The third kappa shape index (κ3) is 2.90. The monoisotopic (exact) mass is 339 g/mol. The molecule has 0 N–H and O–H groups in total. The first kappa shape index (κ1) is 14.9. The fourth-order valence-electron chi connectivity index (χ4n) is 2.81. The fourth-order valence-corrected chi connectivity index (χ4v) is 3.50. The second-order valence-corrected chi connectivity index (χ2v) is 6.54. The van der Waals surface area contributed by atoms with Gasteiger partial charge in [0.15, 0.2) is 11.6 Å². The van der Waals surface area contributed by atoms with Gasteiger partial charge in [0.1, 0.15) is 0 Å². The lowest BCUT2D eigenvalue weighted by atomic mass is 10.3. The van der Waals surface area contributed by atoms with Gasteiger partial charge in [0, 0.05) is 38.6 Å². The first-order valence-electron chi connectivity index (χ1n) is 7.86. The molecule has 0 radical (unpaired) electrons. The molecule has 0 atom stereocenters. The molecule has 0 spiro atoms. The molecule has 6 nitrogen and oxygen atoms in total. The van der Waals surface area contributed by atoms with Crippen molar-refractivity contribution in [3.63, 3.8) is 0 Å². The molecule has 1 saturated heterocycles. The summed E-state index contributed by atoms with van der Waals surface area (Å²) in [5.74, 6) is 1.78. The van der Waals surface area contributed by atoms with Crippen LogP contribution in [0.25, 0.3) is 5.82 Å². The Balaban J connectivity index is 1.40. The molecule has 1 amide bonds. The van der Waals surface area contributed by atoms with Crippen LogP contribution in [0.3, 0.4) is 0 Å². The maximum absolute atomic E-state index is 12.4. The lowest BCUT2D eigenvalue weighted by Crippen LogP contribution is -2.49. The van der Waals surface area contributed by atoms with Gasteiger partial charge in [0.2, 0.25) is 0 Å². The highest BCUT2D eigenvalue weighted by molar-refractivity contribution is 7.12. The molecule has 1 aliphatic rings. The summed E-state index contributed by atoms with van der Waals surface area (Å²) in [5, 5.41) is 10.6. The molecule has 0 saturated carbocycles. The van der Waals surface area contributed by atoms with Gasteiger partial charge in [-0.2, -0.15) is 0 Å². The number of aromatic nitrogens is 3. The molecule has 1 fully saturated rings. The Labute approximate surface area is 144 Å². The first-order chi connectivity index (χ1) is 11.8. The number of carbonyl (C=O) groups excluding carboxylic acids is 1. The molecule has 4 rings (SSSR count). The number of thiophene rings is 1. The van der Waals surface area contributed by atoms with Gasteiger partial charge in [-0.05, 0) is 35.7 Å². The number of hydrogen-bond acceptors (Lipinski definition) is 5. The summed E-state index contributed by atoms with van der Waals surface area (Å²) in [4.78, 5) is 17.3. The maximum Gasteiger partial charge on any atom is 0.264 e. The van der Waals surface area contributed by atoms with Crippen LogP contribution in [0, 0.1) is 0 Å². The predicted molar refractivity (Wildman–Crippen MR) is 93.8 cm³/mol. The lowest BCUT2D eigenvalue weighted by Gasteiger charge is -2.35. The summed E-state index contributed by atoms with van der Waals surface area (Å²) in [7, 11) is 0. The highest BCUT2D eigenvalue weighted by Gasteiger charge is 2.23. The molecular formula is C17H17N5OS. The maximum atomic E-state index is 12.4. The second kappa shape index (κ2) is 6.45. The Morgan fingerprint density at radius 2 is 1.62 bits per heavy atom. The molecule has 3 aromatic heterocycles. The highest BCUT2D eigenvalue weighted by Crippen LogP contribution is 2.17. The number of anilines is 1. The Hall–Kier alpha value is -2.67. The van der Waals surface area contributed by atoms with Crippen LogP contribution in [-0.2, 0) is 0 Å². The average Bonchev–Trinajstić information content (AvgIpc) is 3.35. The Morgan fingerprint density at radius 3 is 2.25 bits per heavy atom. The van der Waals surface area contributed by atoms with E-state index in [4.69, 9.17) is 0 Å².